The first-order valence-corrected chi connectivity index (χ1v) is 4.96. The second kappa shape index (κ2) is 2.35. The van der Waals surface area contributed by atoms with E-state index >= 15 is 0 Å². The number of hydrogen-bond donors (Lipinski definition) is 1. The molecule has 2 rings (SSSR count). The Balaban J connectivity index is 2.77. The van der Waals surface area contributed by atoms with Crippen LogP contribution in [0.15, 0.2) is 35.4 Å². The van der Waals surface area contributed by atoms with Crippen molar-refractivity contribution in [2.45, 2.75) is 4.90 Å². The van der Waals surface area contributed by atoms with Crippen molar-refractivity contribution in [3.63, 3.8) is 0 Å². The molecule has 0 saturated heterocycles. The molecule has 0 aliphatic carbocycles. The highest BCUT2D eigenvalue weighted by Gasteiger charge is 2.17. The Bertz CT molecular complexity index is 434. The minimum Gasteiger partial charge on any atom is -0.286 e. The highest BCUT2D eigenvalue weighted by Crippen LogP contribution is 2.19. The maximum Gasteiger partial charge on any atom is 0.262 e. The van der Waals surface area contributed by atoms with Gasteiger partial charge in [0.05, 0.1) is 4.90 Å². The lowest BCUT2D eigenvalue weighted by Gasteiger charge is -2.11. The van der Waals surface area contributed by atoms with Crippen molar-refractivity contribution in [2.24, 2.45) is 0 Å². The SMILES string of the molecule is O=S1(=O)NC=Cc2ccccc21. The Morgan fingerprint density at radius 2 is 1.92 bits per heavy atom. The normalized spacial score (nSPS) is 18.0. The fraction of sp³-hybridized carbons (Fsp3) is 0. The van der Waals surface area contributed by atoms with Gasteiger partial charge in [-0.05, 0) is 17.7 Å². The van der Waals surface area contributed by atoms with Crippen LogP contribution in [0.1, 0.15) is 5.56 Å². The van der Waals surface area contributed by atoms with Crippen molar-refractivity contribution < 1.29 is 8.42 Å². The van der Waals surface area contributed by atoms with Crippen LogP contribution in [0, 0.1) is 0 Å². The summed E-state index contributed by atoms with van der Waals surface area (Å²) in [6, 6.07) is 6.87. The summed E-state index contributed by atoms with van der Waals surface area (Å²) in [5, 5.41) is 0. The maximum atomic E-state index is 11.3. The predicted octanol–water partition coefficient (Wildman–Crippen LogP) is 0.949. The highest BCUT2D eigenvalue weighted by atomic mass is 32.2. The first-order chi connectivity index (χ1) is 5.70. The van der Waals surface area contributed by atoms with Gasteiger partial charge in [-0.25, -0.2) is 8.42 Å². The minimum absolute atomic E-state index is 0.340. The number of sulfonamides is 1. The lowest BCUT2D eigenvalue weighted by Crippen LogP contribution is -2.21. The number of nitrogens with one attached hydrogen (secondary N) is 1. The molecule has 0 spiro atoms. The van der Waals surface area contributed by atoms with E-state index in [0.717, 1.165) is 5.56 Å². The largest absolute Gasteiger partial charge is 0.286 e. The molecule has 0 atom stereocenters. The van der Waals surface area contributed by atoms with E-state index in [2.05, 4.69) is 4.72 Å². The highest BCUT2D eigenvalue weighted by molar-refractivity contribution is 7.89. The van der Waals surface area contributed by atoms with Gasteiger partial charge in [0.1, 0.15) is 0 Å². The van der Waals surface area contributed by atoms with E-state index in [4.69, 9.17) is 0 Å². The molecule has 0 saturated carbocycles. The molecule has 3 nitrogen and oxygen atoms in total. The smallest absolute Gasteiger partial charge is 0.262 e. The van der Waals surface area contributed by atoms with Crippen molar-refractivity contribution in [2.75, 3.05) is 0 Å². The van der Waals surface area contributed by atoms with Crippen molar-refractivity contribution in [1.29, 1.82) is 0 Å². The summed E-state index contributed by atoms with van der Waals surface area (Å²) >= 11 is 0. The molecule has 1 heterocycles. The van der Waals surface area contributed by atoms with Gasteiger partial charge in [-0.15, -0.1) is 0 Å². The van der Waals surface area contributed by atoms with Crippen LogP contribution in [0.25, 0.3) is 6.08 Å². The van der Waals surface area contributed by atoms with Crippen molar-refractivity contribution in [3.8, 4) is 0 Å². The molecule has 0 fully saturated rings. The Labute approximate surface area is 70.8 Å². The summed E-state index contributed by atoms with van der Waals surface area (Å²) < 4.78 is 24.9. The molecular formula is C8H7NO2S. The number of rotatable bonds is 0. The van der Waals surface area contributed by atoms with Crippen molar-refractivity contribution in [3.05, 3.63) is 36.0 Å². The average molecular weight is 181 g/mol. The molecule has 4 heteroatoms. The Hall–Kier alpha value is -1.29. The third-order valence-corrected chi connectivity index (χ3v) is 3.09. The first kappa shape index (κ1) is 7.36. The van der Waals surface area contributed by atoms with Gasteiger partial charge < -0.3 is 0 Å². The van der Waals surface area contributed by atoms with Crippen LogP contribution in [-0.2, 0) is 10.0 Å². The lowest BCUT2D eigenvalue weighted by atomic mass is 10.2. The zero-order valence-electron chi connectivity index (χ0n) is 6.19. The van der Waals surface area contributed by atoms with E-state index in [1.54, 1.807) is 24.3 Å². The zero-order valence-corrected chi connectivity index (χ0v) is 7.01. The second-order valence-electron chi connectivity index (χ2n) is 2.49. The molecule has 12 heavy (non-hydrogen) atoms. The Morgan fingerprint density at radius 3 is 2.67 bits per heavy atom. The maximum absolute atomic E-state index is 11.3. The molecule has 0 aromatic heterocycles. The molecule has 1 aromatic rings. The van der Waals surface area contributed by atoms with E-state index in [9.17, 15) is 8.42 Å². The van der Waals surface area contributed by atoms with Crippen molar-refractivity contribution in [1.82, 2.24) is 4.72 Å². The summed E-state index contributed by atoms with van der Waals surface area (Å²) in [4.78, 5) is 0.340. The van der Waals surface area contributed by atoms with Gasteiger partial charge in [-0.1, -0.05) is 18.2 Å². The van der Waals surface area contributed by atoms with Crippen LogP contribution < -0.4 is 4.72 Å². The first-order valence-electron chi connectivity index (χ1n) is 3.48. The number of hydrogen-bond acceptors (Lipinski definition) is 2. The van der Waals surface area contributed by atoms with Crippen LogP contribution in [0.4, 0.5) is 0 Å². The molecule has 0 bridgehead atoms. The molecule has 1 aliphatic heterocycles. The molecule has 1 N–H and O–H groups in total. The Morgan fingerprint density at radius 1 is 1.17 bits per heavy atom. The standard InChI is InChI=1S/C8H7NO2S/c10-12(11)8-4-2-1-3-7(8)5-6-9-12/h1-6,9H. The summed E-state index contributed by atoms with van der Waals surface area (Å²) in [5.74, 6) is 0. The van der Waals surface area contributed by atoms with Crippen LogP contribution in [0.5, 0.6) is 0 Å². The van der Waals surface area contributed by atoms with E-state index < -0.39 is 10.0 Å². The molecule has 1 aliphatic rings. The lowest BCUT2D eigenvalue weighted by molar-refractivity contribution is 0.590. The average Bonchev–Trinajstić information content (AvgIpc) is 2.04. The predicted molar refractivity (Wildman–Crippen MR) is 45.8 cm³/mol. The summed E-state index contributed by atoms with van der Waals surface area (Å²) in [6.07, 6.45) is 3.16. The second-order valence-corrected chi connectivity index (χ2v) is 4.17. The van der Waals surface area contributed by atoms with E-state index in [-0.39, 0.29) is 0 Å². The van der Waals surface area contributed by atoms with Crippen LogP contribution in [-0.4, -0.2) is 8.42 Å². The third kappa shape index (κ3) is 1.00. The molecule has 0 radical (unpaired) electrons. The van der Waals surface area contributed by atoms with Crippen LogP contribution in [0.2, 0.25) is 0 Å². The monoisotopic (exact) mass is 181 g/mol. The quantitative estimate of drug-likeness (QED) is 0.647. The molecule has 62 valence electrons. The van der Waals surface area contributed by atoms with E-state index in [0.29, 0.717) is 4.90 Å². The van der Waals surface area contributed by atoms with Crippen LogP contribution >= 0.6 is 0 Å². The van der Waals surface area contributed by atoms with Crippen LogP contribution in [0.3, 0.4) is 0 Å². The minimum atomic E-state index is -3.28. The van der Waals surface area contributed by atoms with Gasteiger partial charge in [-0.2, -0.15) is 0 Å². The molecule has 1 aromatic carbocycles. The fourth-order valence-electron chi connectivity index (χ4n) is 1.14. The fourth-order valence-corrected chi connectivity index (χ4v) is 2.22. The van der Waals surface area contributed by atoms with E-state index in [1.165, 1.54) is 6.20 Å². The van der Waals surface area contributed by atoms with Gasteiger partial charge in [0.2, 0.25) is 0 Å². The Kier molecular flexibility index (Phi) is 1.44. The summed E-state index contributed by atoms with van der Waals surface area (Å²) in [7, 11) is -3.28. The summed E-state index contributed by atoms with van der Waals surface area (Å²) in [5.41, 5.74) is 0.733. The number of benzene rings is 1. The summed E-state index contributed by atoms with van der Waals surface area (Å²) in [6.45, 7) is 0. The number of fused-ring (bicyclic) bond motifs is 1. The third-order valence-electron chi connectivity index (χ3n) is 1.69. The molecule has 0 unspecified atom stereocenters. The van der Waals surface area contributed by atoms with Gasteiger partial charge in [0.25, 0.3) is 10.0 Å². The van der Waals surface area contributed by atoms with Gasteiger partial charge in [0, 0.05) is 6.20 Å². The van der Waals surface area contributed by atoms with Crippen molar-refractivity contribution >= 4 is 16.1 Å². The molecular weight excluding hydrogens is 174 g/mol. The van der Waals surface area contributed by atoms with Gasteiger partial charge in [0.15, 0.2) is 0 Å². The van der Waals surface area contributed by atoms with Gasteiger partial charge >= 0.3 is 0 Å². The van der Waals surface area contributed by atoms with E-state index in [1.807, 2.05) is 6.07 Å². The van der Waals surface area contributed by atoms with Gasteiger partial charge in [-0.3, -0.25) is 4.72 Å². The molecule has 0 amide bonds. The zero-order chi connectivity index (χ0) is 8.60. The topological polar surface area (TPSA) is 46.2 Å².